The molecule has 0 bridgehead atoms. The van der Waals surface area contributed by atoms with Crippen LogP contribution in [0.15, 0.2) is 12.1 Å². The second-order valence-electron chi connectivity index (χ2n) is 5.54. The maximum atomic E-state index is 12.5. The average Bonchev–Trinajstić information content (AvgIpc) is 2.46. The van der Waals surface area contributed by atoms with E-state index in [1.54, 1.807) is 14.2 Å². The summed E-state index contributed by atoms with van der Waals surface area (Å²) >= 11 is 0. The van der Waals surface area contributed by atoms with Gasteiger partial charge in [0.1, 0.15) is 11.5 Å². The topological polar surface area (TPSA) is 35.5 Å². The fourth-order valence-corrected chi connectivity index (χ4v) is 3.76. The molecule has 0 amide bonds. The van der Waals surface area contributed by atoms with Gasteiger partial charge in [-0.2, -0.15) is 0 Å². The molecule has 2 unspecified atom stereocenters. The Kier molecular flexibility index (Phi) is 3.21. The number of ether oxygens (including phenoxy) is 2. The lowest BCUT2D eigenvalue weighted by Gasteiger charge is -2.37. The summed E-state index contributed by atoms with van der Waals surface area (Å²) in [6, 6.07) is 3.78. The van der Waals surface area contributed by atoms with E-state index in [2.05, 4.69) is 0 Å². The minimum Gasteiger partial charge on any atom is -0.496 e. The van der Waals surface area contributed by atoms with Crippen LogP contribution in [0.1, 0.15) is 53.9 Å². The van der Waals surface area contributed by atoms with Crippen LogP contribution in [0.2, 0.25) is 0 Å². The van der Waals surface area contributed by atoms with Crippen molar-refractivity contribution in [2.24, 2.45) is 5.92 Å². The number of carbonyl (C=O) groups is 1. The van der Waals surface area contributed by atoms with E-state index in [1.165, 1.54) is 12.8 Å². The van der Waals surface area contributed by atoms with Gasteiger partial charge in [-0.05, 0) is 36.8 Å². The number of hydrogen-bond donors (Lipinski definition) is 0. The molecule has 0 spiro atoms. The molecule has 0 aliphatic heterocycles. The Hall–Kier alpha value is -1.51. The van der Waals surface area contributed by atoms with E-state index in [0.717, 1.165) is 29.7 Å². The van der Waals surface area contributed by atoms with E-state index in [0.29, 0.717) is 24.0 Å². The van der Waals surface area contributed by atoms with E-state index in [9.17, 15) is 4.79 Å². The van der Waals surface area contributed by atoms with Gasteiger partial charge in [0, 0.05) is 12.0 Å². The van der Waals surface area contributed by atoms with Gasteiger partial charge < -0.3 is 9.47 Å². The maximum Gasteiger partial charge on any atom is 0.167 e. The molecular formula is C16H20O3. The first-order valence-electron chi connectivity index (χ1n) is 7.04. The summed E-state index contributed by atoms with van der Waals surface area (Å²) in [5.41, 5.74) is 1.87. The Labute approximate surface area is 113 Å². The van der Waals surface area contributed by atoms with Crippen LogP contribution < -0.4 is 9.47 Å². The summed E-state index contributed by atoms with van der Waals surface area (Å²) in [7, 11) is 3.31. The Morgan fingerprint density at radius 1 is 1.05 bits per heavy atom. The highest BCUT2D eigenvalue weighted by Gasteiger charge is 2.39. The van der Waals surface area contributed by atoms with Crippen molar-refractivity contribution in [1.82, 2.24) is 0 Å². The van der Waals surface area contributed by atoms with E-state index in [4.69, 9.17) is 9.47 Å². The summed E-state index contributed by atoms with van der Waals surface area (Å²) < 4.78 is 10.9. The highest BCUT2D eigenvalue weighted by Crippen LogP contribution is 2.50. The van der Waals surface area contributed by atoms with E-state index >= 15 is 0 Å². The predicted molar refractivity (Wildman–Crippen MR) is 73.2 cm³/mol. The minimum absolute atomic E-state index is 0.217. The molecule has 3 nitrogen and oxygen atoms in total. The second-order valence-corrected chi connectivity index (χ2v) is 5.54. The molecule has 3 heteroatoms. The summed E-state index contributed by atoms with van der Waals surface area (Å²) in [5, 5.41) is 0. The number of carbonyl (C=O) groups excluding carboxylic acids is 1. The van der Waals surface area contributed by atoms with Crippen LogP contribution in [0, 0.1) is 5.92 Å². The number of methoxy groups -OCH3 is 2. The monoisotopic (exact) mass is 260 g/mol. The standard InChI is InChI=1S/C16H20O3/c1-18-13-7-8-14(19-2)16-12(17)9-10-5-3-4-6-11(10)15(13)16/h7-8,10-11H,3-6,9H2,1-2H3. The second kappa shape index (κ2) is 4.87. The Morgan fingerprint density at radius 2 is 1.74 bits per heavy atom. The molecule has 1 saturated carbocycles. The predicted octanol–water partition coefficient (Wildman–Crippen LogP) is 3.56. The van der Waals surface area contributed by atoms with Crippen molar-refractivity contribution in [2.75, 3.05) is 14.2 Å². The lowest BCUT2D eigenvalue weighted by atomic mass is 9.67. The van der Waals surface area contributed by atoms with Gasteiger partial charge in [0.25, 0.3) is 0 Å². The molecule has 0 N–H and O–H groups in total. The number of ketones is 1. The molecule has 19 heavy (non-hydrogen) atoms. The Balaban J connectivity index is 2.18. The highest BCUT2D eigenvalue weighted by molar-refractivity contribution is 6.02. The lowest BCUT2D eigenvalue weighted by molar-refractivity contribution is 0.0913. The van der Waals surface area contributed by atoms with E-state index in [-0.39, 0.29) is 5.78 Å². The molecular weight excluding hydrogens is 240 g/mol. The smallest absolute Gasteiger partial charge is 0.167 e. The number of hydrogen-bond acceptors (Lipinski definition) is 3. The number of benzene rings is 1. The van der Waals surface area contributed by atoms with Gasteiger partial charge in [-0.15, -0.1) is 0 Å². The number of Topliss-reactive ketones (excluding diaryl/α,β-unsaturated/α-hetero) is 1. The molecule has 0 aromatic heterocycles. The maximum absolute atomic E-state index is 12.5. The van der Waals surface area contributed by atoms with Crippen LogP contribution in [-0.4, -0.2) is 20.0 Å². The molecule has 0 radical (unpaired) electrons. The van der Waals surface area contributed by atoms with Crippen molar-refractivity contribution in [1.29, 1.82) is 0 Å². The molecule has 3 rings (SSSR count). The van der Waals surface area contributed by atoms with Crippen LogP contribution >= 0.6 is 0 Å². The fourth-order valence-electron chi connectivity index (χ4n) is 3.76. The summed E-state index contributed by atoms with van der Waals surface area (Å²) in [6.45, 7) is 0. The molecule has 2 atom stereocenters. The van der Waals surface area contributed by atoms with E-state index < -0.39 is 0 Å². The third-order valence-corrected chi connectivity index (χ3v) is 4.61. The first kappa shape index (κ1) is 12.5. The first-order chi connectivity index (χ1) is 9.26. The van der Waals surface area contributed by atoms with Crippen LogP contribution in [0.3, 0.4) is 0 Å². The average molecular weight is 260 g/mol. The van der Waals surface area contributed by atoms with Crippen molar-refractivity contribution < 1.29 is 14.3 Å². The number of rotatable bonds is 2. The zero-order valence-corrected chi connectivity index (χ0v) is 11.6. The number of fused-ring (bicyclic) bond motifs is 3. The largest absolute Gasteiger partial charge is 0.496 e. The third kappa shape index (κ3) is 1.92. The van der Waals surface area contributed by atoms with Gasteiger partial charge in [0.2, 0.25) is 0 Å². The molecule has 0 heterocycles. The molecule has 2 aliphatic rings. The van der Waals surface area contributed by atoms with Gasteiger partial charge >= 0.3 is 0 Å². The zero-order valence-electron chi connectivity index (χ0n) is 11.6. The van der Waals surface area contributed by atoms with Crippen molar-refractivity contribution >= 4 is 5.78 Å². The van der Waals surface area contributed by atoms with Gasteiger partial charge in [0.15, 0.2) is 5.78 Å². The SMILES string of the molecule is COc1ccc(OC)c2c1C(=O)CC1CCCCC21. The van der Waals surface area contributed by atoms with Crippen LogP contribution in [0.4, 0.5) is 0 Å². The highest BCUT2D eigenvalue weighted by atomic mass is 16.5. The van der Waals surface area contributed by atoms with Crippen LogP contribution in [-0.2, 0) is 0 Å². The van der Waals surface area contributed by atoms with Crippen molar-refractivity contribution in [3.8, 4) is 11.5 Å². The molecule has 0 saturated heterocycles. The minimum atomic E-state index is 0.217. The molecule has 1 aromatic carbocycles. The Bertz CT molecular complexity index is 507. The van der Waals surface area contributed by atoms with Gasteiger partial charge in [-0.3, -0.25) is 4.79 Å². The van der Waals surface area contributed by atoms with Crippen LogP contribution in [0.25, 0.3) is 0 Å². The summed E-state index contributed by atoms with van der Waals surface area (Å²) in [4.78, 5) is 12.5. The normalized spacial score (nSPS) is 25.5. The van der Waals surface area contributed by atoms with Crippen molar-refractivity contribution in [2.45, 2.75) is 38.0 Å². The summed E-state index contributed by atoms with van der Waals surface area (Å²) in [6.07, 6.45) is 5.48. The van der Waals surface area contributed by atoms with Gasteiger partial charge in [-0.25, -0.2) is 0 Å². The van der Waals surface area contributed by atoms with Gasteiger partial charge in [0.05, 0.1) is 19.8 Å². The lowest BCUT2D eigenvalue weighted by Crippen LogP contribution is -2.28. The Morgan fingerprint density at radius 3 is 2.47 bits per heavy atom. The van der Waals surface area contributed by atoms with Crippen molar-refractivity contribution in [3.63, 3.8) is 0 Å². The zero-order chi connectivity index (χ0) is 13.4. The quantitative estimate of drug-likeness (QED) is 0.815. The van der Waals surface area contributed by atoms with E-state index in [1.807, 2.05) is 12.1 Å². The van der Waals surface area contributed by atoms with Gasteiger partial charge in [-0.1, -0.05) is 12.8 Å². The molecule has 102 valence electrons. The van der Waals surface area contributed by atoms with Crippen molar-refractivity contribution in [3.05, 3.63) is 23.3 Å². The molecule has 2 aliphatic carbocycles. The summed E-state index contributed by atoms with van der Waals surface area (Å²) in [5.74, 6) is 2.72. The molecule has 1 aromatic rings. The van der Waals surface area contributed by atoms with Crippen LogP contribution in [0.5, 0.6) is 11.5 Å². The third-order valence-electron chi connectivity index (χ3n) is 4.61. The molecule has 1 fully saturated rings. The fraction of sp³-hybridized carbons (Fsp3) is 0.562. The first-order valence-corrected chi connectivity index (χ1v) is 7.04.